The SMILES string of the molecule is CCCCCn1sc2ccccc2c1=O. The number of aromatic nitrogens is 1. The standard InChI is InChI=1S/C12H15NOS/c1-2-3-6-9-13-12(14)10-7-4-5-8-11(10)15-13/h4-5,7-8H,2-3,6,9H2,1H3. The third-order valence-corrected chi connectivity index (χ3v) is 3.64. The first-order valence-corrected chi connectivity index (χ1v) is 6.19. The fourth-order valence-electron chi connectivity index (χ4n) is 1.67. The average molecular weight is 221 g/mol. The number of fused-ring (bicyclic) bond motifs is 1. The quantitative estimate of drug-likeness (QED) is 0.726. The molecule has 0 aliphatic rings. The highest BCUT2D eigenvalue weighted by Gasteiger charge is 2.05. The Morgan fingerprint density at radius 2 is 2.07 bits per heavy atom. The van der Waals surface area contributed by atoms with Crippen molar-refractivity contribution in [2.24, 2.45) is 0 Å². The van der Waals surface area contributed by atoms with E-state index in [9.17, 15) is 4.79 Å². The van der Waals surface area contributed by atoms with Gasteiger partial charge in [-0.15, -0.1) is 0 Å². The third-order valence-electron chi connectivity index (χ3n) is 2.52. The summed E-state index contributed by atoms with van der Waals surface area (Å²) in [5.41, 5.74) is 0.173. The monoisotopic (exact) mass is 221 g/mol. The van der Waals surface area contributed by atoms with Crippen molar-refractivity contribution < 1.29 is 0 Å². The lowest BCUT2D eigenvalue weighted by atomic mass is 10.2. The van der Waals surface area contributed by atoms with Gasteiger partial charge in [0.25, 0.3) is 5.56 Å². The molecule has 0 aliphatic carbocycles. The van der Waals surface area contributed by atoms with Crippen molar-refractivity contribution in [2.75, 3.05) is 0 Å². The molecule has 0 saturated carbocycles. The number of benzene rings is 1. The summed E-state index contributed by atoms with van der Waals surface area (Å²) in [5.74, 6) is 0. The van der Waals surface area contributed by atoms with Gasteiger partial charge in [0.2, 0.25) is 0 Å². The Labute approximate surface area is 93.3 Å². The minimum Gasteiger partial charge on any atom is -0.268 e. The largest absolute Gasteiger partial charge is 0.268 e. The van der Waals surface area contributed by atoms with E-state index in [4.69, 9.17) is 0 Å². The lowest BCUT2D eigenvalue weighted by molar-refractivity contribution is 0.624. The van der Waals surface area contributed by atoms with Crippen molar-refractivity contribution in [3.8, 4) is 0 Å². The van der Waals surface area contributed by atoms with Crippen LogP contribution in [-0.2, 0) is 6.54 Å². The van der Waals surface area contributed by atoms with Crippen LogP contribution in [0.15, 0.2) is 29.1 Å². The lowest BCUT2D eigenvalue weighted by Gasteiger charge is -1.97. The predicted molar refractivity (Wildman–Crippen MR) is 65.6 cm³/mol. The van der Waals surface area contributed by atoms with E-state index in [1.165, 1.54) is 12.8 Å². The Balaban J connectivity index is 2.28. The molecule has 2 rings (SSSR count). The highest BCUT2D eigenvalue weighted by Crippen LogP contribution is 2.16. The number of hydrogen-bond donors (Lipinski definition) is 0. The molecule has 1 heterocycles. The van der Waals surface area contributed by atoms with Crippen LogP contribution in [0.25, 0.3) is 10.1 Å². The van der Waals surface area contributed by atoms with Crippen LogP contribution in [-0.4, -0.2) is 3.96 Å². The Hall–Kier alpha value is -1.09. The summed E-state index contributed by atoms with van der Waals surface area (Å²) in [6, 6.07) is 7.82. The van der Waals surface area contributed by atoms with Crippen LogP contribution in [0, 0.1) is 0 Å². The van der Waals surface area contributed by atoms with Gasteiger partial charge in [-0.25, -0.2) is 0 Å². The van der Waals surface area contributed by atoms with E-state index in [1.54, 1.807) is 11.5 Å². The van der Waals surface area contributed by atoms with E-state index in [1.807, 2.05) is 28.2 Å². The highest BCUT2D eigenvalue weighted by molar-refractivity contribution is 7.13. The minimum absolute atomic E-state index is 0.173. The first-order chi connectivity index (χ1) is 7.33. The molecule has 80 valence electrons. The Morgan fingerprint density at radius 3 is 2.80 bits per heavy atom. The fourth-order valence-corrected chi connectivity index (χ4v) is 2.70. The molecule has 0 aliphatic heterocycles. The van der Waals surface area contributed by atoms with Crippen LogP contribution in [0.5, 0.6) is 0 Å². The molecule has 0 radical (unpaired) electrons. The van der Waals surface area contributed by atoms with Crippen LogP contribution in [0.1, 0.15) is 26.2 Å². The van der Waals surface area contributed by atoms with Crippen molar-refractivity contribution in [2.45, 2.75) is 32.7 Å². The van der Waals surface area contributed by atoms with Gasteiger partial charge in [0.15, 0.2) is 0 Å². The van der Waals surface area contributed by atoms with Gasteiger partial charge in [0.05, 0.1) is 10.1 Å². The molecule has 2 aromatic rings. The zero-order valence-electron chi connectivity index (χ0n) is 8.90. The Kier molecular flexibility index (Phi) is 3.21. The van der Waals surface area contributed by atoms with E-state index < -0.39 is 0 Å². The second kappa shape index (κ2) is 4.62. The van der Waals surface area contributed by atoms with Crippen LogP contribution in [0.4, 0.5) is 0 Å². The number of unbranched alkanes of at least 4 members (excludes halogenated alkanes) is 2. The second-order valence-corrected chi connectivity index (χ2v) is 4.76. The maximum atomic E-state index is 11.9. The zero-order chi connectivity index (χ0) is 10.7. The van der Waals surface area contributed by atoms with Gasteiger partial charge in [0, 0.05) is 6.54 Å². The molecule has 0 unspecified atom stereocenters. The van der Waals surface area contributed by atoms with E-state index in [2.05, 4.69) is 6.92 Å². The van der Waals surface area contributed by atoms with Gasteiger partial charge in [-0.05, 0) is 18.6 Å². The van der Waals surface area contributed by atoms with Crippen molar-refractivity contribution in [3.05, 3.63) is 34.6 Å². The summed E-state index contributed by atoms with van der Waals surface area (Å²) in [4.78, 5) is 11.9. The average Bonchev–Trinajstić information content (AvgIpc) is 2.57. The summed E-state index contributed by atoms with van der Waals surface area (Å²) in [7, 11) is 0. The molecular formula is C12H15NOS. The number of hydrogen-bond acceptors (Lipinski definition) is 2. The molecule has 0 amide bonds. The zero-order valence-corrected chi connectivity index (χ0v) is 9.72. The third kappa shape index (κ3) is 2.12. The fraction of sp³-hybridized carbons (Fsp3) is 0.417. The van der Waals surface area contributed by atoms with Crippen molar-refractivity contribution in [1.29, 1.82) is 0 Å². The lowest BCUT2D eigenvalue weighted by Crippen LogP contribution is -2.12. The maximum Gasteiger partial charge on any atom is 0.268 e. The highest BCUT2D eigenvalue weighted by atomic mass is 32.1. The van der Waals surface area contributed by atoms with Crippen molar-refractivity contribution in [3.63, 3.8) is 0 Å². The molecule has 0 saturated heterocycles. The maximum absolute atomic E-state index is 11.9. The van der Waals surface area contributed by atoms with Crippen LogP contribution in [0.3, 0.4) is 0 Å². The van der Waals surface area contributed by atoms with E-state index in [-0.39, 0.29) is 5.56 Å². The first-order valence-electron chi connectivity index (χ1n) is 5.42. The van der Waals surface area contributed by atoms with Crippen LogP contribution in [0.2, 0.25) is 0 Å². The topological polar surface area (TPSA) is 22.0 Å². The molecule has 1 aromatic carbocycles. The molecule has 15 heavy (non-hydrogen) atoms. The van der Waals surface area contributed by atoms with Crippen LogP contribution >= 0.6 is 11.5 Å². The number of aryl methyl sites for hydroxylation is 1. The van der Waals surface area contributed by atoms with Gasteiger partial charge >= 0.3 is 0 Å². The van der Waals surface area contributed by atoms with Crippen molar-refractivity contribution >= 4 is 21.6 Å². The van der Waals surface area contributed by atoms with E-state index >= 15 is 0 Å². The summed E-state index contributed by atoms with van der Waals surface area (Å²) >= 11 is 1.58. The van der Waals surface area contributed by atoms with E-state index in [0.717, 1.165) is 23.1 Å². The van der Waals surface area contributed by atoms with Gasteiger partial charge in [0.1, 0.15) is 0 Å². The molecular weight excluding hydrogens is 206 g/mol. The van der Waals surface area contributed by atoms with Gasteiger partial charge < -0.3 is 0 Å². The van der Waals surface area contributed by atoms with Gasteiger partial charge in [-0.2, -0.15) is 0 Å². The molecule has 2 nitrogen and oxygen atoms in total. The molecule has 0 bridgehead atoms. The molecule has 0 spiro atoms. The van der Waals surface area contributed by atoms with Gasteiger partial charge in [-0.3, -0.25) is 8.75 Å². The summed E-state index contributed by atoms with van der Waals surface area (Å²) < 4.78 is 2.97. The summed E-state index contributed by atoms with van der Waals surface area (Å²) in [6.07, 6.45) is 3.49. The molecule has 0 N–H and O–H groups in total. The molecule has 0 atom stereocenters. The van der Waals surface area contributed by atoms with Crippen LogP contribution < -0.4 is 5.56 Å². The van der Waals surface area contributed by atoms with Crippen molar-refractivity contribution in [1.82, 2.24) is 3.96 Å². The second-order valence-electron chi connectivity index (χ2n) is 3.70. The number of rotatable bonds is 4. The number of nitrogens with zero attached hydrogens (tertiary/aromatic N) is 1. The van der Waals surface area contributed by atoms with Gasteiger partial charge in [-0.1, -0.05) is 43.4 Å². The molecule has 3 heteroatoms. The molecule has 1 aromatic heterocycles. The first kappa shape index (κ1) is 10.4. The summed E-state index contributed by atoms with van der Waals surface area (Å²) in [6.45, 7) is 3.04. The summed E-state index contributed by atoms with van der Waals surface area (Å²) in [5, 5.41) is 0.860. The normalized spacial score (nSPS) is 11.0. The Morgan fingerprint density at radius 1 is 1.27 bits per heavy atom. The predicted octanol–water partition coefficient (Wildman–Crippen LogP) is 3.25. The Bertz CT molecular complexity index is 498. The smallest absolute Gasteiger partial charge is 0.268 e. The minimum atomic E-state index is 0.173. The molecule has 0 fully saturated rings. The van der Waals surface area contributed by atoms with E-state index in [0.29, 0.717) is 0 Å².